The van der Waals surface area contributed by atoms with Crippen LogP contribution in [0.2, 0.25) is 0 Å². The summed E-state index contributed by atoms with van der Waals surface area (Å²) in [6, 6.07) is 4.26. The Morgan fingerprint density at radius 2 is 2.16 bits per heavy atom. The van der Waals surface area contributed by atoms with Crippen LogP contribution in [0.1, 0.15) is 45.1 Å². The summed E-state index contributed by atoms with van der Waals surface area (Å²) in [6.45, 7) is 4.54. The molecule has 2 rings (SSSR count). The molecule has 0 amide bonds. The first-order valence-corrected chi connectivity index (χ1v) is 7.04. The van der Waals surface area contributed by atoms with E-state index in [2.05, 4.69) is 30.2 Å². The Morgan fingerprint density at radius 1 is 1.42 bits per heavy atom. The zero-order valence-electron chi connectivity index (χ0n) is 11.7. The molecule has 1 aliphatic carbocycles. The number of hydrogen-bond acceptors (Lipinski definition) is 4. The van der Waals surface area contributed by atoms with Crippen molar-refractivity contribution in [3.05, 3.63) is 17.8 Å². The molecule has 0 radical (unpaired) electrons. The number of aromatic nitrogens is 1. The maximum absolute atomic E-state index is 9.16. The van der Waals surface area contributed by atoms with Crippen LogP contribution in [0, 0.1) is 23.2 Å². The van der Waals surface area contributed by atoms with Gasteiger partial charge in [0, 0.05) is 6.04 Å². The molecule has 0 aromatic carbocycles. The van der Waals surface area contributed by atoms with Gasteiger partial charge in [0.05, 0.1) is 17.4 Å². The Morgan fingerprint density at radius 3 is 2.84 bits per heavy atom. The number of nitrogens with zero attached hydrogens (tertiary/aromatic N) is 2. The predicted octanol–water partition coefficient (Wildman–Crippen LogP) is 3.16. The molecule has 0 saturated heterocycles. The summed E-state index contributed by atoms with van der Waals surface area (Å²) < 4.78 is 0. The van der Waals surface area contributed by atoms with Crippen molar-refractivity contribution in [2.75, 3.05) is 11.1 Å². The van der Waals surface area contributed by atoms with E-state index < -0.39 is 0 Å². The highest BCUT2D eigenvalue weighted by Crippen LogP contribution is 2.32. The van der Waals surface area contributed by atoms with Crippen molar-refractivity contribution >= 4 is 11.5 Å². The molecule has 102 valence electrons. The number of nitriles is 1. The summed E-state index contributed by atoms with van der Waals surface area (Å²) in [5.41, 5.74) is 6.74. The van der Waals surface area contributed by atoms with E-state index >= 15 is 0 Å². The number of nitrogens with two attached hydrogens (primary N) is 1. The van der Waals surface area contributed by atoms with Crippen LogP contribution in [0.15, 0.2) is 12.3 Å². The minimum Gasteiger partial charge on any atom is -0.397 e. The van der Waals surface area contributed by atoms with Gasteiger partial charge in [-0.15, -0.1) is 0 Å². The zero-order chi connectivity index (χ0) is 13.8. The van der Waals surface area contributed by atoms with Crippen LogP contribution in [0.25, 0.3) is 0 Å². The highest BCUT2D eigenvalue weighted by Gasteiger charge is 2.28. The Bertz CT molecular complexity index is 476. The third kappa shape index (κ3) is 3.17. The van der Waals surface area contributed by atoms with Gasteiger partial charge < -0.3 is 11.1 Å². The Labute approximate surface area is 115 Å². The normalized spacial score (nSPS) is 23.1. The average molecular weight is 258 g/mol. The lowest BCUT2D eigenvalue weighted by Gasteiger charge is -2.35. The lowest BCUT2D eigenvalue weighted by Crippen LogP contribution is -2.35. The maximum Gasteiger partial charge on any atom is 0.144 e. The number of nitrogens with one attached hydrogen (secondary N) is 1. The molecule has 1 fully saturated rings. The van der Waals surface area contributed by atoms with Crippen LogP contribution in [0.4, 0.5) is 11.5 Å². The molecule has 2 unspecified atom stereocenters. The van der Waals surface area contributed by atoms with Gasteiger partial charge >= 0.3 is 0 Å². The van der Waals surface area contributed by atoms with E-state index in [1.807, 2.05) is 0 Å². The summed E-state index contributed by atoms with van der Waals surface area (Å²) in [7, 11) is 0. The van der Waals surface area contributed by atoms with Crippen LogP contribution < -0.4 is 11.1 Å². The Balaban J connectivity index is 2.17. The number of anilines is 2. The van der Waals surface area contributed by atoms with Crippen molar-refractivity contribution in [2.24, 2.45) is 11.8 Å². The summed E-state index contributed by atoms with van der Waals surface area (Å²) in [4.78, 5) is 4.28. The molecule has 1 heterocycles. The molecular formula is C15H22N4. The van der Waals surface area contributed by atoms with Crippen LogP contribution >= 0.6 is 0 Å². The second-order valence-corrected chi connectivity index (χ2v) is 5.72. The molecule has 0 spiro atoms. The Hall–Kier alpha value is -1.76. The highest BCUT2D eigenvalue weighted by atomic mass is 15.0. The number of nitrogen functional groups attached to an aromatic ring is 1. The second-order valence-electron chi connectivity index (χ2n) is 5.72. The molecule has 0 bridgehead atoms. The summed E-state index contributed by atoms with van der Waals surface area (Å²) in [5, 5.41) is 12.6. The molecule has 1 saturated carbocycles. The van der Waals surface area contributed by atoms with Gasteiger partial charge in [0.1, 0.15) is 11.9 Å². The van der Waals surface area contributed by atoms with Crippen molar-refractivity contribution < 1.29 is 0 Å². The van der Waals surface area contributed by atoms with Crippen LogP contribution in [0.5, 0.6) is 0 Å². The minimum absolute atomic E-state index is 0.414. The molecular weight excluding hydrogens is 236 g/mol. The van der Waals surface area contributed by atoms with Gasteiger partial charge in [-0.05, 0) is 30.7 Å². The van der Waals surface area contributed by atoms with Gasteiger partial charge in [-0.3, -0.25) is 0 Å². The number of pyridine rings is 1. The quantitative estimate of drug-likeness (QED) is 0.873. The van der Waals surface area contributed by atoms with E-state index in [1.54, 1.807) is 12.3 Å². The summed E-state index contributed by atoms with van der Waals surface area (Å²) in [6.07, 6.45) is 6.57. The third-order valence-electron chi connectivity index (χ3n) is 4.03. The molecule has 3 N–H and O–H groups in total. The molecule has 1 aromatic rings. The van der Waals surface area contributed by atoms with E-state index in [9.17, 15) is 0 Å². The zero-order valence-corrected chi connectivity index (χ0v) is 11.7. The monoisotopic (exact) mass is 258 g/mol. The van der Waals surface area contributed by atoms with E-state index in [0.29, 0.717) is 34.9 Å². The van der Waals surface area contributed by atoms with Crippen molar-refractivity contribution in [3.8, 4) is 6.07 Å². The minimum atomic E-state index is 0.414. The second kappa shape index (κ2) is 5.92. The van der Waals surface area contributed by atoms with Gasteiger partial charge in [-0.25, -0.2) is 4.98 Å². The van der Waals surface area contributed by atoms with Gasteiger partial charge in [0.2, 0.25) is 0 Å². The van der Waals surface area contributed by atoms with Crippen molar-refractivity contribution in [3.63, 3.8) is 0 Å². The van der Waals surface area contributed by atoms with Crippen LogP contribution in [-0.4, -0.2) is 11.0 Å². The van der Waals surface area contributed by atoms with E-state index in [1.165, 1.54) is 19.3 Å². The summed E-state index contributed by atoms with van der Waals surface area (Å²) >= 11 is 0. The molecule has 19 heavy (non-hydrogen) atoms. The maximum atomic E-state index is 9.16. The predicted molar refractivity (Wildman–Crippen MR) is 77.6 cm³/mol. The van der Waals surface area contributed by atoms with Gasteiger partial charge in [0.25, 0.3) is 0 Å². The van der Waals surface area contributed by atoms with Crippen molar-refractivity contribution in [1.29, 1.82) is 5.26 Å². The fourth-order valence-corrected chi connectivity index (χ4v) is 2.99. The fraction of sp³-hybridized carbons (Fsp3) is 0.600. The van der Waals surface area contributed by atoms with Gasteiger partial charge in [-0.2, -0.15) is 5.26 Å². The highest BCUT2D eigenvalue weighted by molar-refractivity contribution is 5.57. The molecule has 0 aliphatic heterocycles. The third-order valence-corrected chi connectivity index (χ3v) is 4.03. The average Bonchev–Trinajstić information content (AvgIpc) is 2.41. The standard InChI is InChI=1S/C15H22N4/c1-10(2)13-5-3-4-6-14(13)19-15-11(8-16)7-12(17)9-18-15/h7,9-10,13-14H,3-6,17H2,1-2H3,(H,18,19). The lowest BCUT2D eigenvalue weighted by atomic mass is 9.78. The number of hydrogen-bond donors (Lipinski definition) is 2. The van der Waals surface area contributed by atoms with Crippen molar-refractivity contribution in [2.45, 2.75) is 45.6 Å². The molecule has 1 aliphatic rings. The van der Waals surface area contributed by atoms with Crippen molar-refractivity contribution in [1.82, 2.24) is 4.98 Å². The molecule has 1 aromatic heterocycles. The first-order valence-electron chi connectivity index (χ1n) is 7.04. The smallest absolute Gasteiger partial charge is 0.144 e. The van der Waals surface area contributed by atoms with Gasteiger partial charge in [0.15, 0.2) is 0 Å². The topological polar surface area (TPSA) is 74.7 Å². The van der Waals surface area contributed by atoms with Crippen LogP contribution in [-0.2, 0) is 0 Å². The largest absolute Gasteiger partial charge is 0.397 e. The molecule has 2 atom stereocenters. The number of rotatable bonds is 3. The molecule has 4 heteroatoms. The molecule has 4 nitrogen and oxygen atoms in total. The SMILES string of the molecule is CC(C)C1CCCCC1Nc1ncc(N)cc1C#N. The summed E-state index contributed by atoms with van der Waals surface area (Å²) in [5.74, 6) is 1.98. The first-order chi connectivity index (χ1) is 9.11. The van der Waals surface area contributed by atoms with E-state index in [0.717, 1.165) is 6.42 Å². The lowest BCUT2D eigenvalue weighted by molar-refractivity contribution is 0.253. The van der Waals surface area contributed by atoms with Gasteiger partial charge in [-0.1, -0.05) is 26.7 Å². The Kier molecular flexibility index (Phi) is 4.26. The fourth-order valence-electron chi connectivity index (χ4n) is 2.99. The van der Waals surface area contributed by atoms with Crippen LogP contribution in [0.3, 0.4) is 0 Å². The van der Waals surface area contributed by atoms with E-state index in [-0.39, 0.29) is 0 Å². The first kappa shape index (κ1) is 13.7. The van der Waals surface area contributed by atoms with E-state index in [4.69, 9.17) is 11.0 Å².